The van der Waals surface area contributed by atoms with E-state index in [0.29, 0.717) is 5.56 Å². The topological polar surface area (TPSA) is 51.2 Å². The van der Waals surface area contributed by atoms with Gasteiger partial charge >= 0.3 is 13.3 Å². The second kappa shape index (κ2) is 8.36. The molecule has 0 aliphatic rings. The molecule has 0 radical (unpaired) electrons. The third kappa shape index (κ3) is 3.79. The number of carbonyl (C=O) groups excluding carboxylic acids is 2. The van der Waals surface area contributed by atoms with Crippen molar-refractivity contribution in [2.75, 3.05) is 0 Å². The summed E-state index contributed by atoms with van der Waals surface area (Å²) in [6, 6.07) is 16.5. The number of hydrogen-bond acceptors (Lipinski definition) is 3. The lowest BCUT2D eigenvalue weighted by Gasteiger charge is -2.07. The van der Waals surface area contributed by atoms with E-state index in [-0.39, 0.29) is 26.5 Å². The fourth-order valence-electron chi connectivity index (χ4n) is 3.05. The van der Waals surface area contributed by atoms with Crippen molar-refractivity contribution in [3.8, 4) is 0 Å². The summed E-state index contributed by atoms with van der Waals surface area (Å²) in [5.74, 6) is -0.469. The largest absolute Gasteiger partial charge is 0.459 e. The van der Waals surface area contributed by atoms with Crippen molar-refractivity contribution in [1.82, 2.24) is 0 Å². The molecule has 0 spiro atoms. The zero-order valence-corrected chi connectivity index (χ0v) is 17.6. The summed E-state index contributed by atoms with van der Waals surface area (Å²) in [7, 11) is -2.50. The lowest BCUT2D eigenvalue weighted by molar-refractivity contribution is 0.103. The van der Waals surface area contributed by atoms with Crippen LogP contribution in [-0.2, 0) is 4.57 Å². The van der Waals surface area contributed by atoms with Gasteiger partial charge in [0.05, 0.1) is 26.7 Å². The first-order valence-corrected chi connectivity index (χ1v) is 10.5. The second-order valence-corrected chi connectivity index (χ2v) is 8.60. The molecule has 0 amide bonds. The first-order valence-electron chi connectivity index (χ1n) is 8.48. The molecule has 3 nitrogen and oxygen atoms in total. The molecule has 0 N–H and O–H groups in total. The molecule has 0 bridgehead atoms. The number of carbonyl (C=O) groups is 2. The maximum atomic E-state index is 13.2. The van der Waals surface area contributed by atoms with Gasteiger partial charge in [-0.05, 0) is 49.2 Å². The molecule has 0 aliphatic carbocycles. The Morgan fingerprint density at radius 1 is 0.750 bits per heavy atom. The number of halogens is 2. The molecule has 6 heteroatoms. The van der Waals surface area contributed by atoms with E-state index in [1.807, 2.05) is 6.07 Å². The number of benzene rings is 3. The average Bonchev–Trinajstić information content (AvgIpc) is 2.67. The molecule has 3 aromatic rings. The van der Waals surface area contributed by atoms with Crippen molar-refractivity contribution in [1.29, 1.82) is 0 Å². The molecule has 0 aromatic heterocycles. The Morgan fingerprint density at radius 2 is 1.29 bits per heavy atom. The Morgan fingerprint density at radius 3 is 1.89 bits per heavy atom. The van der Waals surface area contributed by atoms with Gasteiger partial charge in [-0.15, -0.1) is 0 Å². The quantitative estimate of drug-likeness (QED) is 0.361. The van der Waals surface area contributed by atoms with Crippen molar-refractivity contribution in [2.45, 2.75) is 13.8 Å². The van der Waals surface area contributed by atoms with E-state index < -0.39 is 19.1 Å². The average molecular weight is 430 g/mol. The summed E-state index contributed by atoms with van der Waals surface area (Å²) in [6.45, 7) is 3.59. The Balaban J connectivity index is 2.09. The van der Waals surface area contributed by atoms with Crippen LogP contribution in [0, 0.1) is 13.8 Å². The third-order valence-corrected chi connectivity index (χ3v) is 6.49. The van der Waals surface area contributed by atoms with E-state index in [4.69, 9.17) is 23.2 Å². The van der Waals surface area contributed by atoms with E-state index in [1.165, 1.54) is 12.1 Å². The highest BCUT2D eigenvalue weighted by atomic mass is 35.5. The Bertz CT molecular complexity index is 1080. The zero-order chi connectivity index (χ0) is 20.4. The minimum Gasteiger partial charge on any atom is -0.288 e. The standard InChI is InChI=1S/C22H16Cl2O3P/c1-13-7-5-8-14(2)19(13)22(26)28(27)18-12-4-3-9-15(18)21(25)20-16(23)10-6-11-17(20)24/h3-12H,1-2H3/q+1. The fraction of sp³-hybridized carbons (Fsp3) is 0.0909. The van der Waals surface area contributed by atoms with Crippen LogP contribution in [0.2, 0.25) is 10.0 Å². The van der Waals surface area contributed by atoms with Gasteiger partial charge < -0.3 is 0 Å². The number of aryl methyl sites for hydroxylation is 2. The van der Waals surface area contributed by atoms with Crippen molar-refractivity contribution in [2.24, 2.45) is 0 Å². The monoisotopic (exact) mass is 429 g/mol. The second-order valence-electron chi connectivity index (χ2n) is 6.31. The SMILES string of the molecule is Cc1cccc(C)c1C(=O)[P+](=O)c1ccccc1C(=O)c1c(Cl)cccc1Cl. The highest BCUT2D eigenvalue weighted by Gasteiger charge is 2.38. The first-order chi connectivity index (χ1) is 13.3. The van der Waals surface area contributed by atoms with E-state index in [2.05, 4.69) is 0 Å². The van der Waals surface area contributed by atoms with Crippen LogP contribution in [0.3, 0.4) is 0 Å². The highest BCUT2D eigenvalue weighted by Crippen LogP contribution is 2.33. The molecule has 140 valence electrons. The first kappa shape index (κ1) is 20.4. The fourth-order valence-corrected chi connectivity index (χ4v) is 5.01. The van der Waals surface area contributed by atoms with Crippen molar-refractivity contribution in [3.63, 3.8) is 0 Å². The summed E-state index contributed by atoms with van der Waals surface area (Å²) >= 11 is 12.3. The third-order valence-electron chi connectivity index (χ3n) is 4.44. The van der Waals surface area contributed by atoms with E-state index in [1.54, 1.807) is 56.3 Å². The van der Waals surface area contributed by atoms with Crippen molar-refractivity contribution < 1.29 is 14.2 Å². The molecule has 0 heterocycles. The van der Waals surface area contributed by atoms with Crippen LogP contribution in [0.5, 0.6) is 0 Å². The van der Waals surface area contributed by atoms with E-state index in [9.17, 15) is 14.2 Å². The predicted octanol–water partition coefficient (Wildman–Crippen LogP) is 6.13. The summed E-state index contributed by atoms with van der Waals surface area (Å²) < 4.78 is 13.2. The Hall–Kier alpha value is -2.32. The summed E-state index contributed by atoms with van der Waals surface area (Å²) in [4.78, 5) is 26.1. The normalized spacial score (nSPS) is 11.2. The summed E-state index contributed by atoms with van der Waals surface area (Å²) in [6.07, 6.45) is 0. The molecule has 0 fully saturated rings. The van der Waals surface area contributed by atoms with Crippen LogP contribution in [0.15, 0.2) is 60.7 Å². The number of rotatable bonds is 5. The molecule has 3 aromatic carbocycles. The minimum absolute atomic E-state index is 0.126. The summed E-state index contributed by atoms with van der Waals surface area (Å²) in [5, 5.41) is 0.568. The molecule has 0 saturated carbocycles. The number of hydrogen-bond donors (Lipinski definition) is 0. The maximum Gasteiger partial charge on any atom is 0.459 e. The van der Waals surface area contributed by atoms with Crippen LogP contribution in [-0.4, -0.2) is 11.3 Å². The molecule has 1 unspecified atom stereocenters. The van der Waals surface area contributed by atoms with Crippen molar-refractivity contribution in [3.05, 3.63) is 98.5 Å². The summed E-state index contributed by atoms with van der Waals surface area (Å²) in [5.41, 5.74) is 1.68. The smallest absolute Gasteiger partial charge is 0.288 e. The van der Waals surface area contributed by atoms with Gasteiger partial charge in [0.2, 0.25) is 11.1 Å². The van der Waals surface area contributed by atoms with Gasteiger partial charge in [-0.1, -0.05) is 64.2 Å². The molecule has 3 rings (SSSR count). The molecular weight excluding hydrogens is 414 g/mol. The Kier molecular flexibility index (Phi) is 6.10. The van der Waals surface area contributed by atoms with Gasteiger partial charge in [-0.3, -0.25) is 4.79 Å². The van der Waals surface area contributed by atoms with Gasteiger partial charge in [-0.25, -0.2) is 4.79 Å². The molecule has 1 atom stereocenters. The van der Waals surface area contributed by atoms with Crippen LogP contribution in [0.4, 0.5) is 0 Å². The van der Waals surface area contributed by atoms with Gasteiger partial charge in [-0.2, -0.15) is 0 Å². The van der Waals surface area contributed by atoms with E-state index in [0.717, 1.165) is 11.1 Å². The Labute approximate surface area is 174 Å². The number of ketones is 1. The zero-order valence-electron chi connectivity index (χ0n) is 15.2. The van der Waals surface area contributed by atoms with E-state index >= 15 is 0 Å². The van der Waals surface area contributed by atoms with Crippen LogP contribution >= 0.6 is 31.0 Å². The van der Waals surface area contributed by atoms with Gasteiger partial charge in [0.1, 0.15) is 0 Å². The minimum atomic E-state index is -2.50. The van der Waals surface area contributed by atoms with Crippen molar-refractivity contribution >= 4 is 47.6 Å². The molecular formula is C22H16Cl2O3P+. The van der Waals surface area contributed by atoms with Gasteiger partial charge in [0, 0.05) is 0 Å². The van der Waals surface area contributed by atoms with Gasteiger partial charge in [0.25, 0.3) is 0 Å². The van der Waals surface area contributed by atoms with Crippen LogP contribution < -0.4 is 5.30 Å². The maximum absolute atomic E-state index is 13.2. The van der Waals surface area contributed by atoms with Gasteiger partial charge in [0.15, 0.2) is 0 Å². The molecule has 0 aliphatic heterocycles. The molecule has 0 saturated heterocycles. The van der Waals surface area contributed by atoms with Crippen LogP contribution in [0.1, 0.15) is 37.4 Å². The molecule has 28 heavy (non-hydrogen) atoms. The lowest BCUT2D eigenvalue weighted by Crippen LogP contribution is -2.17. The highest BCUT2D eigenvalue weighted by molar-refractivity contribution is 7.71. The van der Waals surface area contributed by atoms with Crippen LogP contribution in [0.25, 0.3) is 0 Å². The lowest BCUT2D eigenvalue weighted by atomic mass is 10.0. The predicted molar refractivity (Wildman–Crippen MR) is 114 cm³/mol.